The van der Waals surface area contributed by atoms with Gasteiger partial charge in [0.15, 0.2) is 5.78 Å². The lowest BCUT2D eigenvalue weighted by molar-refractivity contribution is 0.0812. The Labute approximate surface area is 146 Å². The van der Waals surface area contributed by atoms with Crippen molar-refractivity contribution in [3.8, 4) is 0 Å². The zero-order valence-corrected chi connectivity index (χ0v) is 15.3. The van der Waals surface area contributed by atoms with E-state index in [1.807, 2.05) is 37.4 Å². The van der Waals surface area contributed by atoms with Crippen LogP contribution in [0.2, 0.25) is 0 Å². The number of aryl methyl sites for hydroxylation is 1. The quantitative estimate of drug-likeness (QED) is 0.598. The maximum absolute atomic E-state index is 12.8. The van der Waals surface area contributed by atoms with Gasteiger partial charge < -0.3 is 0 Å². The summed E-state index contributed by atoms with van der Waals surface area (Å²) in [7, 11) is 0. The molecule has 0 radical (unpaired) electrons. The Hall–Kier alpha value is -1.17. The molecule has 122 valence electrons. The molecule has 0 amide bonds. The predicted molar refractivity (Wildman–Crippen MR) is 97.4 cm³/mol. The molecule has 1 unspecified atom stereocenters. The fraction of sp³-hybridized carbons (Fsp3) is 0.444. The van der Waals surface area contributed by atoms with Gasteiger partial charge in [0, 0.05) is 40.5 Å². The summed E-state index contributed by atoms with van der Waals surface area (Å²) in [5.41, 5.74) is 0.850. The lowest BCUT2D eigenvalue weighted by Crippen LogP contribution is -2.38. The Morgan fingerprint density at radius 2 is 2.17 bits per heavy atom. The maximum atomic E-state index is 12.8. The van der Waals surface area contributed by atoms with Crippen molar-refractivity contribution in [3.63, 3.8) is 0 Å². The molecule has 0 spiro atoms. The van der Waals surface area contributed by atoms with Crippen LogP contribution in [0.5, 0.6) is 0 Å². The molecule has 0 aliphatic carbocycles. The number of likely N-dealkylation sites (tertiary alicyclic amines) is 1. The molecule has 3 nitrogen and oxygen atoms in total. The van der Waals surface area contributed by atoms with Crippen molar-refractivity contribution in [1.29, 1.82) is 0 Å². The molecule has 2 heterocycles. The lowest BCUT2D eigenvalue weighted by atomic mass is 9.90. The van der Waals surface area contributed by atoms with E-state index in [9.17, 15) is 4.79 Å². The van der Waals surface area contributed by atoms with Crippen molar-refractivity contribution in [2.24, 2.45) is 5.92 Å². The van der Waals surface area contributed by atoms with Crippen LogP contribution in [0.25, 0.3) is 0 Å². The molecule has 0 bridgehead atoms. The Morgan fingerprint density at radius 3 is 2.83 bits per heavy atom. The van der Waals surface area contributed by atoms with Crippen molar-refractivity contribution in [2.45, 2.75) is 31.2 Å². The zero-order valence-electron chi connectivity index (χ0n) is 13.6. The number of rotatable bonds is 5. The molecule has 1 fully saturated rings. The molecule has 1 atom stereocenters. The van der Waals surface area contributed by atoms with Crippen molar-refractivity contribution >= 4 is 28.9 Å². The van der Waals surface area contributed by atoms with Gasteiger partial charge in [-0.2, -0.15) is 0 Å². The summed E-state index contributed by atoms with van der Waals surface area (Å²) >= 11 is 3.46. The first-order valence-electron chi connectivity index (χ1n) is 7.97. The molecule has 1 aromatic carbocycles. The summed E-state index contributed by atoms with van der Waals surface area (Å²) in [4.78, 5) is 22.0. The Morgan fingerprint density at radius 1 is 1.39 bits per heavy atom. The molecule has 3 rings (SSSR count). The van der Waals surface area contributed by atoms with Gasteiger partial charge >= 0.3 is 0 Å². The average molecular weight is 347 g/mol. The number of carbonyl (C=O) groups excluding carboxylic acids is 1. The van der Waals surface area contributed by atoms with E-state index in [0.29, 0.717) is 5.78 Å². The van der Waals surface area contributed by atoms with E-state index < -0.39 is 0 Å². The number of nitrogens with zero attached hydrogens (tertiary/aromatic N) is 2. The molecule has 23 heavy (non-hydrogen) atoms. The standard InChI is InChI=1S/C18H22N2OS2/c1-13-19-10-17(23-13)12-20-9-3-4-15(11-20)18(21)14-5-7-16(22-2)8-6-14/h5-8,10,15H,3-4,9,11-12H2,1-2H3. The van der Waals surface area contributed by atoms with E-state index in [-0.39, 0.29) is 5.92 Å². The largest absolute Gasteiger partial charge is 0.297 e. The van der Waals surface area contributed by atoms with E-state index in [2.05, 4.69) is 16.1 Å². The van der Waals surface area contributed by atoms with Crippen molar-refractivity contribution in [1.82, 2.24) is 9.88 Å². The normalized spacial score (nSPS) is 19.0. The fourth-order valence-corrected chi connectivity index (χ4v) is 4.35. The van der Waals surface area contributed by atoms with Crippen LogP contribution in [0.4, 0.5) is 0 Å². The first kappa shape index (κ1) is 16.7. The fourth-order valence-electron chi connectivity index (χ4n) is 3.10. The Kier molecular flexibility index (Phi) is 5.51. The van der Waals surface area contributed by atoms with E-state index >= 15 is 0 Å². The number of hydrogen-bond acceptors (Lipinski definition) is 5. The van der Waals surface area contributed by atoms with Gasteiger partial charge in [0.05, 0.1) is 5.01 Å². The number of ketones is 1. The van der Waals surface area contributed by atoms with E-state index in [0.717, 1.165) is 43.0 Å². The highest BCUT2D eigenvalue weighted by Gasteiger charge is 2.26. The van der Waals surface area contributed by atoms with Gasteiger partial charge in [0.1, 0.15) is 0 Å². The second kappa shape index (κ2) is 7.60. The molecule has 1 aliphatic heterocycles. The van der Waals surface area contributed by atoms with Crippen molar-refractivity contribution < 1.29 is 4.79 Å². The van der Waals surface area contributed by atoms with Crippen molar-refractivity contribution in [2.75, 3.05) is 19.3 Å². The number of thioether (sulfide) groups is 1. The van der Waals surface area contributed by atoms with E-state index in [1.54, 1.807) is 23.1 Å². The summed E-state index contributed by atoms with van der Waals surface area (Å²) in [6, 6.07) is 8.02. The number of Topliss-reactive ketones (excluding diaryl/α,β-unsaturated/α-hetero) is 1. The minimum absolute atomic E-state index is 0.123. The predicted octanol–water partition coefficient (Wildman–Crippen LogP) is 4.27. The molecular formula is C18H22N2OS2. The smallest absolute Gasteiger partial charge is 0.167 e. The van der Waals surface area contributed by atoms with Gasteiger partial charge in [0.25, 0.3) is 0 Å². The van der Waals surface area contributed by atoms with Crippen LogP contribution in [-0.2, 0) is 6.54 Å². The molecule has 1 aliphatic rings. The molecule has 0 N–H and O–H groups in total. The lowest BCUT2D eigenvalue weighted by Gasteiger charge is -2.31. The van der Waals surface area contributed by atoms with Crippen molar-refractivity contribution in [3.05, 3.63) is 45.9 Å². The number of piperidine rings is 1. The number of carbonyl (C=O) groups is 1. The van der Waals surface area contributed by atoms with Gasteiger partial charge in [-0.15, -0.1) is 23.1 Å². The highest BCUT2D eigenvalue weighted by atomic mass is 32.2. The topological polar surface area (TPSA) is 33.2 Å². The summed E-state index contributed by atoms with van der Waals surface area (Å²) < 4.78 is 0. The molecule has 2 aromatic rings. The maximum Gasteiger partial charge on any atom is 0.167 e. The molecule has 1 saturated heterocycles. The number of benzene rings is 1. The monoisotopic (exact) mass is 346 g/mol. The average Bonchev–Trinajstić information content (AvgIpc) is 2.99. The van der Waals surface area contributed by atoms with E-state index in [1.165, 1.54) is 9.77 Å². The third-order valence-corrected chi connectivity index (χ3v) is 5.94. The van der Waals surface area contributed by atoms with Crippen LogP contribution in [0, 0.1) is 12.8 Å². The summed E-state index contributed by atoms with van der Waals surface area (Å²) in [6.07, 6.45) is 6.11. The first-order valence-corrected chi connectivity index (χ1v) is 10.0. The second-order valence-electron chi connectivity index (χ2n) is 6.01. The highest BCUT2D eigenvalue weighted by molar-refractivity contribution is 7.98. The minimum atomic E-state index is 0.123. The van der Waals surface area contributed by atoms with Gasteiger partial charge in [-0.05, 0) is 44.7 Å². The molecular weight excluding hydrogens is 324 g/mol. The molecule has 1 aromatic heterocycles. The van der Waals surface area contributed by atoms with Gasteiger partial charge in [-0.1, -0.05) is 12.1 Å². The van der Waals surface area contributed by atoms with E-state index in [4.69, 9.17) is 0 Å². The summed E-state index contributed by atoms with van der Waals surface area (Å²) in [5, 5.41) is 1.11. The van der Waals surface area contributed by atoms with Crippen LogP contribution in [0.15, 0.2) is 35.4 Å². The van der Waals surface area contributed by atoms with Crippen LogP contribution < -0.4 is 0 Å². The SMILES string of the molecule is CSc1ccc(C(=O)C2CCCN(Cc3cnc(C)s3)C2)cc1. The first-order chi connectivity index (χ1) is 11.2. The second-order valence-corrected chi connectivity index (χ2v) is 8.21. The highest BCUT2D eigenvalue weighted by Crippen LogP contribution is 2.24. The van der Waals surface area contributed by atoms with Gasteiger partial charge in [-0.3, -0.25) is 9.69 Å². The molecule has 0 saturated carbocycles. The van der Waals surface area contributed by atoms with Crippen LogP contribution in [0.1, 0.15) is 33.1 Å². The number of hydrogen-bond donors (Lipinski definition) is 0. The third kappa shape index (κ3) is 4.22. The van der Waals surface area contributed by atoms with Gasteiger partial charge in [0.2, 0.25) is 0 Å². The summed E-state index contributed by atoms with van der Waals surface area (Å²) in [6.45, 7) is 4.89. The van der Waals surface area contributed by atoms with Crippen LogP contribution in [0.3, 0.4) is 0 Å². The van der Waals surface area contributed by atoms with Crippen LogP contribution in [-0.4, -0.2) is 35.0 Å². The Bertz CT molecular complexity index is 666. The number of thiazole rings is 1. The minimum Gasteiger partial charge on any atom is -0.297 e. The van der Waals surface area contributed by atoms with Gasteiger partial charge in [-0.25, -0.2) is 4.98 Å². The molecule has 5 heteroatoms. The third-order valence-electron chi connectivity index (χ3n) is 4.30. The zero-order chi connectivity index (χ0) is 16.2. The van der Waals surface area contributed by atoms with Crippen LogP contribution >= 0.6 is 23.1 Å². The number of aromatic nitrogens is 1. The summed E-state index contributed by atoms with van der Waals surface area (Å²) in [5.74, 6) is 0.417. The Balaban J connectivity index is 1.63.